The quantitative estimate of drug-likeness (QED) is 0.283. The van der Waals surface area contributed by atoms with Crippen LogP contribution in [-0.2, 0) is 22.3 Å². The molecule has 0 aliphatic carbocycles. The molecule has 2 aliphatic rings. The zero-order chi connectivity index (χ0) is 29.1. The minimum atomic E-state index is -4.47. The van der Waals surface area contributed by atoms with Gasteiger partial charge in [0.25, 0.3) is 0 Å². The van der Waals surface area contributed by atoms with E-state index < -0.39 is 36.1 Å². The highest BCUT2D eigenvalue weighted by Gasteiger charge is 2.46. The second-order valence-electron chi connectivity index (χ2n) is 9.92. The monoisotopic (exact) mass is 589 g/mol. The molecule has 0 spiro atoms. The standard InChI is InChI=1S/C29H27ClF3N3O5/c30-18-5-1-16(2-6-18)14-34-26(38)13-21-12-23-22-11-20(9-10-24(22)41-27(23)25(15-37)40-21)36-28(39)35-19-7-3-17(4-8-19)29(31,32)33/h1-11,21,23,25,27,37H,12-15H2,(H,34,38)(H2,35,36,39)/t21-,23-,25-,27+/m1/s1. The van der Waals surface area contributed by atoms with Crippen molar-refractivity contribution >= 4 is 34.9 Å². The first kappa shape index (κ1) is 28.7. The van der Waals surface area contributed by atoms with Gasteiger partial charge in [0, 0.05) is 34.4 Å². The molecule has 4 N–H and O–H groups in total. The van der Waals surface area contributed by atoms with Crippen LogP contribution < -0.4 is 20.7 Å². The van der Waals surface area contributed by atoms with Crippen molar-refractivity contribution in [1.82, 2.24) is 5.32 Å². The molecule has 0 bridgehead atoms. The Balaban J connectivity index is 1.21. The second-order valence-corrected chi connectivity index (χ2v) is 10.4. The smallest absolute Gasteiger partial charge is 0.416 e. The van der Waals surface area contributed by atoms with Crippen LogP contribution in [-0.4, -0.2) is 42.0 Å². The number of halogens is 4. The number of alkyl halides is 3. The Hall–Kier alpha value is -3.80. The molecule has 8 nitrogen and oxygen atoms in total. The Morgan fingerprint density at radius 3 is 2.34 bits per heavy atom. The first-order chi connectivity index (χ1) is 19.6. The summed E-state index contributed by atoms with van der Waals surface area (Å²) in [4.78, 5) is 25.2. The Morgan fingerprint density at radius 1 is 0.976 bits per heavy atom. The molecule has 2 aliphatic heterocycles. The summed E-state index contributed by atoms with van der Waals surface area (Å²) >= 11 is 5.91. The van der Waals surface area contributed by atoms with Gasteiger partial charge in [0.1, 0.15) is 18.0 Å². The fourth-order valence-corrected chi connectivity index (χ4v) is 5.21. The molecule has 0 unspecified atom stereocenters. The number of carbonyl (C=O) groups is 2. The molecule has 3 aromatic rings. The number of aliphatic hydroxyl groups is 1. The predicted molar refractivity (Wildman–Crippen MR) is 146 cm³/mol. The number of amides is 3. The van der Waals surface area contributed by atoms with Gasteiger partial charge in [-0.15, -0.1) is 0 Å². The van der Waals surface area contributed by atoms with E-state index in [9.17, 15) is 27.9 Å². The molecular weight excluding hydrogens is 563 g/mol. The van der Waals surface area contributed by atoms with E-state index in [0.29, 0.717) is 29.4 Å². The largest absolute Gasteiger partial charge is 0.487 e. The molecule has 1 saturated heterocycles. The van der Waals surface area contributed by atoms with Crippen LogP contribution >= 0.6 is 11.6 Å². The minimum absolute atomic E-state index is 0.0934. The number of anilines is 2. The molecule has 4 atom stereocenters. The van der Waals surface area contributed by atoms with Gasteiger partial charge in [-0.05, 0) is 66.6 Å². The van der Waals surface area contributed by atoms with Crippen molar-refractivity contribution in [3.63, 3.8) is 0 Å². The van der Waals surface area contributed by atoms with E-state index in [1.165, 1.54) is 12.1 Å². The minimum Gasteiger partial charge on any atom is -0.487 e. The van der Waals surface area contributed by atoms with E-state index in [1.807, 2.05) is 12.1 Å². The molecule has 1 fully saturated rings. The maximum Gasteiger partial charge on any atom is 0.416 e. The Labute approximate surface area is 238 Å². The molecule has 12 heteroatoms. The lowest BCUT2D eigenvalue weighted by Gasteiger charge is -2.37. The van der Waals surface area contributed by atoms with Crippen molar-refractivity contribution in [2.45, 2.75) is 49.8 Å². The zero-order valence-corrected chi connectivity index (χ0v) is 22.3. The van der Waals surface area contributed by atoms with Crippen molar-refractivity contribution in [2.75, 3.05) is 17.2 Å². The third kappa shape index (κ3) is 6.92. The normalized spacial score (nSPS) is 21.3. The van der Waals surface area contributed by atoms with Crippen molar-refractivity contribution in [1.29, 1.82) is 0 Å². The molecule has 2 heterocycles. The van der Waals surface area contributed by atoms with Crippen LogP contribution in [0.25, 0.3) is 0 Å². The molecular formula is C29H27ClF3N3O5. The number of urea groups is 1. The van der Waals surface area contributed by atoms with Crippen LogP contribution in [0.1, 0.15) is 35.4 Å². The lowest BCUT2D eigenvalue weighted by atomic mass is 9.84. The number of nitrogens with one attached hydrogen (secondary N) is 3. The highest BCUT2D eigenvalue weighted by atomic mass is 35.5. The molecule has 3 aromatic carbocycles. The van der Waals surface area contributed by atoms with Gasteiger partial charge in [0.2, 0.25) is 5.91 Å². The summed E-state index contributed by atoms with van der Waals surface area (Å²) in [6, 6.07) is 15.7. The number of carbonyl (C=O) groups excluding carboxylic acids is 2. The summed E-state index contributed by atoms with van der Waals surface area (Å²) in [6.45, 7) is 0.0480. The van der Waals surface area contributed by atoms with Gasteiger partial charge >= 0.3 is 12.2 Å². The molecule has 41 heavy (non-hydrogen) atoms. The van der Waals surface area contributed by atoms with Gasteiger partial charge in [-0.25, -0.2) is 4.79 Å². The zero-order valence-electron chi connectivity index (χ0n) is 21.6. The molecule has 216 valence electrons. The Kier molecular flexibility index (Phi) is 8.39. The van der Waals surface area contributed by atoms with Crippen molar-refractivity contribution in [2.24, 2.45) is 0 Å². The molecule has 0 saturated carbocycles. The third-order valence-electron chi connectivity index (χ3n) is 7.04. The maximum absolute atomic E-state index is 12.8. The summed E-state index contributed by atoms with van der Waals surface area (Å²) in [6.07, 6.45) is -5.48. The number of aliphatic hydroxyl groups excluding tert-OH is 1. The van der Waals surface area contributed by atoms with Crippen LogP contribution in [0.2, 0.25) is 5.02 Å². The lowest BCUT2D eigenvalue weighted by molar-refractivity contribution is -0.142. The summed E-state index contributed by atoms with van der Waals surface area (Å²) in [5, 5.41) is 18.7. The van der Waals surface area contributed by atoms with E-state index in [1.54, 1.807) is 30.3 Å². The second kappa shape index (κ2) is 12.0. The lowest BCUT2D eigenvalue weighted by Crippen LogP contribution is -2.47. The van der Waals surface area contributed by atoms with Crippen molar-refractivity contribution in [3.8, 4) is 5.75 Å². The first-order valence-electron chi connectivity index (χ1n) is 12.9. The van der Waals surface area contributed by atoms with E-state index in [-0.39, 0.29) is 30.5 Å². The van der Waals surface area contributed by atoms with Crippen LogP contribution in [0.4, 0.5) is 29.3 Å². The number of hydrogen-bond donors (Lipinski definition) is 4. The summed E-state index contributed by atoms with van der Waals surface area (Å²) in [5.74, 6) is 0.197. The average molecular weight is 590 g/mol. The van der Waals surface area contributed by atoms with Crippen molar-refractivity contribution in [3.05, 3.63) is 88.4 Å². The van der Waals surface area contributed by atoms with Crippen LogP contribution in [0.3, 0.4) is 0 Å². The van der Waals surface area contributed by atoms with Gasteiger partial charge in [-0.1, -0.05) is 23.7 Å². The topological polar surface area (TPSA) is 109 Å². The molecule has 0 aromatic heterocycles. The fraction of sp³-hybridized carbons (Fsp3) is 0.310. The van der Waals surface area contributed by atoms with E-state index in [2.05, 4.69) is 16.0 Å². The molecule has 5 rings (SSSR count). The molecule has 3 amide bonds. The van der Waals surface area contributed by atoms with Gasteiger partial charge in [-0.2, -0.15) is 13.2 Å². The molecule has 0 radical (unpaired) electrons. The van der Waals surface area contributed by atoms with Gasteiger partial charge < -0.3 is 30.5 Å². The first-order valence-corrected chi connectivity index (χ1v) is 13.3. The number of rotatable bonds is 7. The van der Waals surface area contributed by atoms with E-state index in [4.69, 9.17) is 21.1 Å². The fourth-order valence-electron chi connectivity index (χ4n) is 5.08. The van der Waals surface area contributed by atoms with Gasteiger partial charge in [0.05, 0.1) is 24.7 Å². The highest BCUT2D eigenvalue weighted by Crippen LogP contribution is 2.47. The Morgan fingerprint density at radius 2 is 1.66 bits per heavy atom. The predicted octanol–water partition coefficient (Wildman–Crippen LogP) is 5.70. The third-order valence-corrected chi connectivity index (χ3v) is 7.30. The SMILES string of the molecule is O=C(C[C@H]1C[C@@H]2c3cc(NC(=O)Nc4ccc(C(F)(F)F)cc4)ccc3O[C@@H]2[C@@H](CO)O1)NCc1ccc(Cl)cc1. The number of benzene rings is 3. The number of fused-ring (bicyclic) bond motifs is 3. The van der Waals surface area contributed by atoms with E-state index in [0.717, 1.165) is 23.3 Å². The Bertz CT molecular complexity index is 1400. The van der Waals surface area contributed by atoms with Gasteiger partial charge in [-0.3, -0.25) is 4.79 Å². The summed E-state index contributed by atoms with van der Waals surface area (Å²) < 4.78 is 50.4. The average Bonchev–Trinajstić information content (AvgIpc) is 3.30. The van der Waals surface area contributed by atoms with Crippen molar-refractivity contribution < 1.29 is 37.3 Å². The number of ether oxygens (including phenoxy) is 2. The van der Waals surface area contributed by atoms with Gasteiger partial charge in [0.15, 0.2) is 0 Å². The van der Waals surface area contributed by atoms with Crippen LogP contribution in [0, 0.1) is 0 Å². The highest BCUT2D eigenvalue weighted by molar-refractivity contribution is 6.30. The summed E-state index contributed by atoms with van der Waals surface area (Å²) in [5.41, 5.74) is 1.54. The van der Waals surface area contributed by atoms with Crippen LogP contribution in [0.15, 0.2) is 66.7 Å². The van der Waals surface area contributed by atoms with Crippen LogP contribution in [0.5, 0.6) is 5.75 Å². The number of hydrogen-bond acceptors (Lipinski definition) is 5. The van der Waals surface area contributed by atoms with E-state index >= 15 is 0 Å². The maximum atomic E-state index is 12.8. The summed E-state index contributed by atoms with van der Waals surface area (Å²) in [7, 11) is 0.